The van der Waals surface area contributed by atoms with Crippen molar-refractivity contribution < 1.29 is 97.5 Å². The largest absolute Gasteiger partial charge is 0.480 e. The van der Waals surface area contributed by atoms with Gasteiger partial charge in [-0.25, -0.2) is 4.79 Å². The van der Waals surface area contributed by atoms with Gasteiger partial charge in [-0.2, -0.15) is 0 Å². The van der Waals surface area contributed by atoms with E-state index < -0.39 is 208 Å². The fraction of sp³-hybridized carbons (Fsp3) is 0.585. The Bertz CT molecular complexity index is 2850. The molecule has 22 N–H and O–H groups in total. The van der Waals surface area contributed by atoms with Gasteiger partial charge in [0.1, 0.15) is 48.3 Å². The first-order chi connectivity index (χ1) is 43.0. The lowest BCUT2D eigenvalue weighted by Crippen LogP contribution is -2.56. The number of nitrogens with two attached hydrogens (primary N) is 2. The quantitative estimate of drug-likeness (QED) is 0.0176. The van der Waals surface area contributed by atoms with Crippen LogP contribution in [0, 0.1) is 5.41 Å². The van der Waals surface area contributed by atoms with Crippen molar-refractivity contribution in [1.82, 2.24) is 78.5 Å². The molecule has 1 aromatic rings. The topological polar surface area (TPSA) is 587 Å². The van der Waals surface area contributed by atoms with Crippen LogP contribution in [-0.2, 0) is 78.3 Å². The zero-order chi connectivity index (χ0) is 67.6. The Morgan fingerprint density at radius 3 is 1.45 bits per heavy atom. The number of hydrogen-bond donors (Lipinski definition) is 20. The third kappa shape index (κ3) is 24.3. The average molecular weight is 1290 g/mol. The molecule has 11 atom stereocenters. The Morgan fingerprint density at radius 1 is 0.527 bits per heavy atom. The van der Waals surface area contributed by atoms with Crippen LogP contribution < -0.4 is 75.3 Å². The Kier molecular flexibility index (Phi) is 29.3. The number of aliphatic hydroxyl groups is 4. The molecule has 0 spiro atoms. The van der Waals surface area contributed by atoms with Crippen LogP contribution in [0.3, 0.4) is 0 Å². The van der Waals surface area contributed by atoms with Gasteiger partial charge in [0.2, 0.25) is 82.7 Å². The number of likely N-dealkylation sites (tertiary alicyclic amines) is 3. The first kappa shape index (κ1) is 73.8. The van der Waals surface area contributed by atoms with E-state index in [1.165, 1.54) is 13.8 Å². The van der Waals surface area contributed by atoms with Crippen molar-refractivity contribution in [1.29, 1.82) is 5.41 Å². The molecule has 0 unspecified atom stereocenters. The van der Waals surface area contributed by atoms with E-state index in [4.69, 9.17) is 16.9 Å². The normalized spacial score (nSPS) is 19.9. The molecule has 3 aliphatic rings. The molecule has 0 bridgehead atoms. The highest BCUT2D eigenvalue weighted by atomic mass is 16.4. The van der Waals surface area contributed by atoms with Crippen molar-refractivity contribution in [3.8, 4) is 0 Å². The number of aliphatic hydroxyl groups excluding tert-OH is 4. The molecule has 0 aliphatic carbocycles. The summed E-state index contributed by atoms with van der Waals surface area (Å²) in [6, 6.07) is -2.14. The standard InChI is InChI=1S/C53H80N18O20/c1-26(66-46(84)27(2)65-41(79)19-64-47(85)35-12-29(73)22-69(35)44(82)21-60-38(76)15-58-39(77)16-62-48(86)36-13-30(74)23-70(36)50(88)32(54)25-72)45(83)61-20-43(81)68-34(11-28-7-4-3-5-8-28)51(89)71-24-31(75)14-37(71)49(87)63-17-40(78)59-18-42(80)67-33(52(90)91)9-6-10-57-53(55)56/h3-5,7-8,26-27,29-37,72-75H,6,9-25,54H2,1-2H3,(H,58,77)(H,59,78)(H,60,76)(H,61,83)(H,62,86)(H,63,87)(H,64,85)(H,65,79)(H,66,84)(H,67,80)(H,68,81)(H,90,91)(H4,55,56,57)/t26-,27-,29+,30+,31+,32-,33-,34-,35-,36-,37-/m0/s1. The van der Waals surface area contributed by atoms with Crippen molar-refractivity contribution in [3.63, 3.8) is 0 Å². The van der Waals surface area contributed by atoms with Gasteiger partial charge < -0.3 is 116 Å². The smallest absolute Gasteiger partial charge is 0.326 e. The van der Waals surface area contributed by atoms with Gasteiger partial charge in [-0.05, 0) is 32.3 Å². The third-order valence-corrected chi connectivity index (χ3v) is 14.2. The molecule has 3 aliphatic heterocycles. The number of carboxylic acids is 1. The maximum absolute atomic E-state index is 14.1. The molecule has 0 radical (unpaired) electrons. The molecule has 4 rings (SSSR count). The number of rotatable bonds is 33. The van der Waals surface area contributed by atoms with Crippen molar-refractivity contribution >= 4 is 94.6 Å². The summed E-state index contributed by atoms with van der Waals surface area (Å²) in [6.07, 6.45) is -4.02. The molecule has 3 fully saturated rings. The van der Waals surface area contributed by atoms with Gasteiger partial charge >= 0.3 is 5.97 Å². The van der Waals surface area contributed by atoms with E-state index in [2.05, 4.69) is 63.8 Å². The molecule has 3 heterocycles. The molecule has 1 aromatic carbocycles. The summed E-state index contributed by atoms with van der Waals surface area (Å²) in [5.74, 6) is -13.6. The van der Waals surface area contributed by atoms with E-state index >= 15 is 0 Å². The van der Waals surface area contributed by atoms with E-state index in [-0.39, 0.29) is 70.7 Å². The minimum atomic E-state index is -1.38. The van der Waals surface area contributed by atoms with Gasteiger partial charge in [-0.15, -0.1) is 0 Å². The van der Waals surface area contributed by atoms with Crippen LogP contribution in [0.5, 0.6) is 0 Å². The highest BCUT2D eigenvalue weighted by Crippen LogP contribution is 2.22. The van der Waals surface area contributed by atoms with Crippen LogP contribution in [0.2, 0.25) is 0 Å². The lowest BCUT2D eigenvalue weighted by atomic mass is 10.0. The number of β-amino-alcohol motifs (C(OH)–C–C–N with tert-alkyl or cyclic N) is 3. The molecule has 3 saturated heterocycles. The maximum atomic E-state index is 14.1. The first-order valence-corrected chi connectivity index (χ1v) is 28.7. The number of aliphatic carboxylic acids is 1. The van der Waals surface area contributed by atoms with E-state index in [1.807, 2.05) is 0 Å². The number of carbonyl (C=O) groups excluding carboxylic acids is 14. The number of amides is 14. The van der Waals surface area contributed by atoms with Crippen LogP contribution in [0.4, 0.5) is 0 Å². The SMILES string of the molecule is C[C@H](NC(=O)CNC(=O)[C@@H]1C[C@@H](O)CN1C(=O)CNC(=O)CNC(=O)CNC(=O)[C@@H]1C[C@@H](O)CN1C(=O)[C@@H](N)CO)C(=O)N[C@@H](C)C(=O)NCC(=O)N[C@@H](Cc1ccccc1)C(=O)N1C[C@H](O)C[C@H]1C(=O)NCC(=O)NCC(=O)N[C@@H](CCCNC(=N)N)C(=O)O. The van der Waals surface area contributed by atoms with Gasteiger partial charge in [0.15, 0.2) is 5.96 Å². The zero-order valence-electron chi connectivity index (χ0n) is 49.8. The number of carbonyl (C=O) groups is 15. The van der Waals surface area contributed by atoms with E-state index in [9.17, 15) is 97.5 Å². The predicted molar refractivity (Wildman–Crippen MR) is 311 cm³/mol. The molecule has 14 amide bonds. The van der Waals surface area contributed by atoms with Crippen LogP contribution >= 0.6 is 0 Å². The minimum absolute atomic E-state index is 0.0236. The Morgan fingerprint density at radius 2 is 0.945 bits per heavy atom. The predicted octanol–water partition coefficient (Wildman–Crippen LogP) is -12.4. The summed E-state index contributed by atoms with van der Waals surface area (Å²) in [5.41, 5.74) is 11.3. The zero-order valence-corrected chi connectivity index (χ0v) is 49.8. The lowest BCUT2D eigenvalue weighted by molar-refractivity contribution is -0.142. The second kappa shape index (κ2) is 36.1. The fourth-order valence-corrected chi connectivity index (χ4v) is 9.53. The Balaban J connectivity index is 1.19. The maximum Gasteiger partial charge on any atom is 0.326 e. The van der Waals surface area contributed by atoms with E-state index in [1.54, 1.807) is 30.3 Å². The average Bonchev–Trinajstić information content (AvgIpc) is 1.77. The third-order valence-electron chi connectivity index (χ3n) is 14.2. The van der Waals surface area contributed by atoms with Crippen LogP contribution in [0.25, 0.3) is 0 Å². The lowest BCUT2D eigenvalue weighted by Gasteiger charge is -2.28. The Labute approximate surface area is 519 Å². The summed E-state index contributed by atoms with van der Waals surface area (Å²) < 4.78 is 0. The van der Waals surface area contributed by atoms with Gasteiger partial charge in [-0.1, -0.05) is 30.3 Å². The number of nitrogens with one attached hydrogen (secondary N) is 13. The van der Waals surface area contributed by atoms with Crippen LogP contribution in [0.1, 0.15) is 51.5 Å². The van der Waals surface area contributed by atoms with Crippen molar-refractivity contribution in [3.05, 3.63) is 35.9 Å². The molecule has 91 heavy (non-hydrogen) atoms. The second-order valence-electron chi connectivity index (χ2n) is 21.5. The second-order valence-corrected chi connectivity index (χ2v) is 21.5. The van der Waals surface area contributed by atoms with E-state index in [0.717, 1.165) is 14.7 Å². The number of carboxylic acid groups (broad SMARTS) is 1. The van der Waals surface area contributed by atoms with Gasteiger partial charge in [0.25, 0.3) is 0 Å². The fourth-order valence-electron chi connectivity index (χ4n) is 9.53. The summed E-state index contributed by atoms with van der Waals surface area (Å²) in [5, 5.41) is 84.6. The molecule has 0 aromatic heterocycles. The van der Waals surface area contributed by atoms with Crippen LogP contribution in [0.15, 0.2) is 30.3 Å². The summed E-state index contributed by atoms with van der Waals surface area (Å²) >= 11 is 0. The van der Waals surface area contributed by atoms with Crippen LogP contribution in [-0.4, -0.2) is 280 Å². The summed E-state index contributed by atoms with van der Waals surface area (Å²) in [4.78, 5) is 196. The highest BCUT2D eigenvalue weighted by Gasteiger charge is 2.43. The molecular weight excluding hydrogens is 1210 g/mol. The van der Waals surface area contributed by atoms with Gasteiger partial charge in [0.05, 0.1) is 70.7 Å². The molecule has 0 saturated carbocycles. The van der Waals surface area contributed by atoms with Gasteiger partial charge in [-0.3, -0.25) is 72.5 Å². The van der Waals surface area contributed by atoms with Crippen molar-refractivity contribution in [2.24, 2.45) is 11.5 Å². The summed E-state index contributed by atoms with van der Waals surface area (Å²) in [6.45, 7) is -3.74. The summed E-state index contributed by atoms with van der Waals surface area (Å²) in [7, 11) is 0. The van der Waals surface area contributed by atoms with Crippen molar-refractivity contribution in [2.75, 3.05) is 78.6 Å². The Hall–Kier alpha value is -9.66. The molecule has 38 nitrogen and oxygen atoms in total. The minimum Gasteiger partial charge on any atom is -0.480 e. The molecule has 502 valence electrons. The highest BCUT2D eigenvalue weighted by molar-refractivity contribution is 5.98. The monoisotopic (exact) mass is 1290 g/mol. The molecular formula is C53H80N18O20. The number of guanidine groups is 1. The van der Waals surface area contributed by atoms with Crippen molar-refractivity contribution in [2.45, 2.75) is 119 Å². The number of benzene rings is 1. The molecule has 38 heteroatoms. The number of hydrogen-bond acceptors (Lipinski definition) is 21. The first-order valence-electron chi connectivity index (χ1n) is 28.7. The number of nitrogens with zero attached hydrogens (tertiary/aromatic N) is 3. The van der Waals surface area contributed by atoms with E-state index in [0.29, 0.717) is 5.56 Å². The van der Waals surface area contributed by atoms with Gasteiger partial charge in [0, 0.05) is 51.9 Å².